The number of rotatable bonds is 4. The molecule has 2 heterocycles. The van der Waals surface area contributed by atoms with E-state index in [2.05, 4.69) is 31.1 Å². The molecule has 1 aliphatic rings. The van der Waals surface area contributed by atoms with Gasteiger partial charge in [0.05, 0.1) is 11.2 Å². The van der Waals surface area contributed by atoms with Crippen molar-refractivity contribution in [3.8, 4) is 0 Å². The summed E-state index contributed by atoms with van der Waals surface area (Å²) in [6.45, 7) is 7.49. The number of hydrogen-bond donors (Lipinski definition) is 3. The number of aromatic nitrogens is 2. The van der Waals surface area contributed by atoms with Gasteiger partial charge in [0, 0.05) is 12.6 Å². The summed E-state index contributed by atoms with van der Waals surface area (Å²) in [5.74, 6) is -1.28. The van der Waals surface area contributed by atoms with Crippen LogP contribution in [0.2, 0.25) is 0 Å². The number of primary amides is 1. The van der Waals surface area contributed by atoms with Crippen LogP contribution in [0.3, 0.4) is 0 Å². The van der Waals surface area contributed by atoms with Crippen LogP contribution in [0.1, 0.15) is 55.9 Å². The smallest absolute Gasteiger partial charge is 0.303 e. The molecule has 0 saturated carbocycles. The van der Waals surface area contributed by atoms with Gasteiger partial charge in [0.25, 0.3) is 11.8 Å². The van der Waals surface area contributed by atoms with Gasteiger partial charge in [-0.05, 0) is 42.2 Å². The van der Waals surface area contributed by atoms with Gasteiger partial charge in [0.15, 0.2) is 6.61 Å². The Morgan fingerprint density at radius 3 is 2.68 bits per heavy atom. The highest BCUT2D eigenvalue weighted by Gasteiger charge is 2.30. The number of amides is 2. The monoisotopic (exact) mass is 386 g/mol. The van der Waals surface area contributed by atoms with Gasteiger partial charge in [-0.1, -0.05) is 20.8 Å². The van der Waals surface area contributed by atoms with E-state index in [1.165, 1.54) is 6.92 Å². The number of anilines is 1. The lowest BCUT2D eigenvalue weighted by Gasteiger charge is -2.34. The van der Waals surface area contributed by atoms with Crippen molar-refractivity contribution in [2.24, 2.45) is 17.1 Å². The minimum Gasteiger partial charge on any atom is -0.456 e. The lowest BCUT2D eigenvalue weighted by atomic mass is 9.71. The molecule has 1 unspecified atom stereocenters. The minimum atomic E-state index is -0.702. The number of pyridine rings is 1. The molecule has 1 atom stereocenters. The van der Waals surface area contributed by atoms with Crippen LogP contribution in [0.15, 0.2) is 6.07 Å². The van der Waals surface area contributed by atoms with Crippen molar-refractivity contribution in [2.45, 2.75) is 47.0 Å². The first-order valence-electron chi connectivity index (χ1n) is 9.33. The molecule has 4 N–H and O–H groups in total. The summed E-state index contributed by atoms with van der Waals surface area (Å²) in [4.78, 5) is 42.6. The molecular formula is C20H26N4O4. The third-order valence-corrected chi connectivity index (χ3v) is 5.28. The van der Waals surface area contributed by atoms with Crippen molar-refractivity contribution in [1.82, 2.24) is 9.97 Å². The fraction of sp³-hybridized carbons (Fsp3) is 0.500. The molecule has 28 heavy (non-hydrogen) atoms. The second-order valence-electron chi connectivity index (χ2n) is 8.36. The molecule has 3 rings (SSSR count). The topological polar surface area (TPSA) is 127 Å². The summed E-state index contributed by atoms with van der Waals surface area (Å²) in [5, 5.41) is 2.60. The zero-order valence-corrected chi connectivity index (χ0v) is 16.6. The summed E-state index contributed by atoms with van der Waals surface area (Å²) < 4.78 is 4.70. The molecule has 0 spiro atoms. The standard InChI is InChI=1S/C20H26N4O4/c1-10(25)28-9-15(26)24-17-16-14(23-18(17)19(21)27)8-11-7-12(20(2,3)4)5-6-13(11)22-16/h8,12,23H,5-7,9H2,1-4H3,(H2,21,27)(H,24,26). The highest BCUT2D eigenvalue weighted by atomic mass is 16.5. The number of carbonyl (C=O) groups is 3. The fourth-order valence-electron chi connectivity index (χ4n) is 3.65. The van der Waals surface area contributed by atoms with Crippen molar-refractivity contribution in [1.29, 1.82) is 0 Å². The molecule has 8 heteroatoms. The molecule has 0 radical (unpaired) electrons. The van der Waals surface area contributed by atoms with E-state index < -0.39 is 24.4 Å². The van der Waals surface area contributed by atoms with E-state index in [1.807, 2.05) is 6.07 Å². The summed E-state index contributed by atoms with van der Waals surface area (Å²) in [5.41, 5.74) is 9.22. The Hall–Kier alpha value is -2.90. The third kappa shape index (κ3) is 4.00. The number of H-pyrrole nitrogens is 1. The molecule has 0 bridgehead atoms. The largest absolute Gasteiger partial charge is 0.456 e. The number of aryl methyl sites for hydroxylation is 1. The molecule has 150 valence electrons. The van der Waals surface area contributed by atoms with Crippen molar-refractivity contribution >= 4 is 34.5 Å². The third-order valence-electron chi connectivity index (χ3n) is 5.28. The molecule has 2 aromatic rings. The Balaban J connectivity index is 1.98. The van der Waals surface area contributed by atoms with Crippen molar-refractivity contribution in [3.05, 3.63) is 23.0 Å². The average Bonchev–Trinajstić information content (AvgIpc) is 2.94. The number of nitrogens with zero attached hydrogens (tertiary/aromatic N) is 1. The van der Waals surface area contributed by atoms with E-state index in [4.69, 9.17) is 15.5 Å². The summed E-state index contributed by atoms with van der Waals surface area (Å²) in [7, 11) is 0. The normalized spacial score (nSPS) is 16.5. The summed E-state index contributed by atoms with van der Waals surface area (Å²) >= 11 is 0. The number of nitrogens with one attached hydrogen (secondary N) is 2. The number of fused-ring (bicyclic) bond motifs is 2. The highest BCUT2D eigenvalue weighted by molar-refractivity contribution is 6.11. The predicted octanol–water partition coefficient (Wildman–Crippen LogP) is 2.31. The Morgan fingerprint density at radius 1 is 1.36 bits per heavy atom. The van der Waals surface area contributed by atoms with E-state index in [0.29, 0.717) is 17.0 Å². The maximum absolute atomic E-state index is 12.1. The average molecular weight is 386 g/mol. The molecular weight excluding hydrogens is 360 g/mol. The van der Waals surface area contributed by atoms with Crippen LogP contribution in [-0.2, 0) is 27.2 Å². The van der Waals surface area contributed by atoms with E-state index in [0.717, 1.165) is 30.5 Å². The van der Waals surface area contributed by atoms with E-state index in [1.54, 1.807) is 0 Å². The van der Waals surface area contributed by atoms with Crippen LogP contribution in [0.5, 0.6) is 0 Å². The Bertz CT molecular complexity index is 955. The predicted molar refractivity (Wildman–Crippen MR) is 105 cm³/mol. The van der Waals surface area contributed by atoms with Crippen LogP contribution in [0.4, 0.5) is 5.69 Å². The van der Waals surface area contributed by atoms with Crippen LogP contribution >= 0.6 is 0 Å². The zero-order chi connectivity index (χ0) is 20.6. The van der Waals surface area contributed by atoms with E-state index in [9.17, 15) is 14.4 Å². The van der Waals surface area contributed by atoms with E-state index in [-0.39, 0.29) is 16.8 Å². The minimum absolute atomic E-state index is 0.0772. The number of nitrogens with two attached hydrogens (primary N) is 1. The molecule has 0 aliphatic heterocycles. The van der Waals surface area contributed by atoms with Crippen LogP contribution in [0, 0.1) is 11.3 Å². The molecule has 1 aliphatic carbocycles. The Labute approximate surface area is 163 Å². The van der Waals surface area contributed by atoms with Gasteiger partial charge >= 0.3 is 5.97 Å². The van der Waals surface area contributed by atoms with Gasteiger partial charge in [-0.15, -0.1) is 0 Å². The maximum Gasteiger partial charge on any atom is 0.303 e. The maximum atomic E-state index is 12.1. The SMILES string of the molecule is CC(=O)OCC(=O)Nc1c(C(N)=O)[nH]c2cc3c(nc12)CCC(C(C)(C)C)C3. The molecule has 2 aromatic heterocycles. The number of aromatic amines is 1. The van der Waals surface area contributed by atoms with Crippen molar-refractivity contribution in [3.63, 3.8) is 0 Å². The second kappa shape index (κ2) is 7.26. The molecule has 2 amide bonds. The highest BCUT2D eigenvalue weighted by Crippen LogP contribution is 2.38. The number of hydrogen-bond acceptors (Lipinski definition) is 5. The van der Waals surface area contributed by atoms with Crippen LogP contribution in [0.25, 0.3) is 11.0 Å². The number of carbonyl (C=O) groups excluding carboxylic acids is 3. The molecule has 0 aromatic carbocycles. The first-order chi connectivity index (χ1) is 13.1. The van der Waals surface area contributed by atoms with Gasteiger partial charge in [-0.25, -0.2) is 4.98 Å². The first kappa shape index (κ1) is 19.9. The number of esters is 1. The fourth-order valence-corrected chi connectivity index (χ4v) is 3.65. The van der Waals surface area contributed by atoms with Crippen LogP contribution in [-0.4, -0.2) is 34.4 Å². The van der Waals surface area contributed by atoms with Gasteiger partial charge in [-0.3, -0.25) is 14.4 Å². The lowest BCUT2D eigenvalue weighted by Crippen LogP contribution is -2.27. The van der Waals surface area contributed by atoms with Crippen LogP contribution < -0.4 is 11.1 Å². The molecule has 0 fully saturated rings. The van der Waals surface area contributed by atoms with Gasteiger partial charge in [-0.2, -0.15) is 0 Å². The van der Waals surface area contributed by atoms with Gasteiger partial charge < -0.3 is 20.8 Å². The summed E-state index contributed by atoms with van der Waals surface area (Å²) in [6, 6.07) is 1.99. The lowest BCUT2D eigenvalue weighted by molar-refractivity contribution is -0.144. The van der Waals surface area contributed by atoms with Crippen molar-refractivity contribution < 1.29 is 19.1 Å². The quantitative estimate of drug-likeness (QED) is 0.695. The van der Waals surface area contributed by atoms with E-state index >= 15 is 0 Å². The second-order valence-corrected chi connectivity index (χ2v) is 8.36. The number of ether oxygens (including phenoxy) is 1. The molecule has 0 saturated heterocycles. The summed E-state index contributed by atoms with van der Waals surface area (Å²) in [6.07, 6.45) is 2.79. The first-order valence-corrected chi connectivity index (χ1v) is 9.33. The Morgan fingerprint density at radius 2 is 2.07 bits per heavy atom. The Kier molecular flexibility index (Phi) is 5.14. The van der Waals surface area contributed by atoms with Gasteiger partial charge in [0.2, 0.25) is 0 Å². The van der Waals surface area contributed by atoms with Gasteiger partial charge in [0.1, 0.15) is 11.2 Å². The zero-order valence-electron chi connectivity index (χ0n) is 16.6. The molecule has 8 nitrogen and oxygen atoms in total. The van der Waals surface area contributed by atoms with Crippen molar-refractivity contribution in [2.75, 3.05) is 11.9 Å².